The average molecular weight is 475 g/mol. The second kappa shape index (κ2) is 11.6. The quantitative estimate of drug-likeness (QED) is 0.477. The second-order valence-corrected chi connectivity index (χ2v) is 8.04. The maximum absolute atomic E-state index is 12.4. The zero-order valence-corrected chi connectivity index (χ0v) is 19.1. The molecule has 176 valence electrons. The normalized spacial score (nSPS) is 14.1. The lowest BCUT2D eigenvalue weighted by atomic mass is 10.1. The van der Waals surface area contributed by atoms with E-state index < -0.39 is 5.97 Å². The number of amides is 2. The van der Waals surface area contributed by atoms with E-state index in [0.29, 0.717) is 67.8 Å². The van der Waals surface area contributed by atoms with Crippen LogP contribution >= 0.6 is 11.6 Å². The van der Waals surface area contributed by atoms with Crippen molar-refractivity contribution in [3.05, 3.63) is 58.6 Å². The Morgan fingerprint density at radius 1 is 1.06 bits per heavy atom. The number of carbonyl (C=O) groups is 3. The van der Waals surface area contributed by atoms with E-state index in [1.807, 2.05) is 9.80 Å². The highest BCUT2D eigenvalue weighted by Crippen LogP contribution is 2.26. The van der Waals surface area contributed by atoms with Gasteiger partial charge < -0.3 is 25.4 Å². The number of ether oxygens (including phenoxy) is 1. The summed E-state index contributed by atoms with van der Waals surface area (Å²) in [6.45, 7) is 3.66. The van der Waals surface area contributed by atoms with Crippen LogP contribution in [0.2, 0.25) is 5.02 Å². The van der Waals surface area contributed by atoms with Gasteiger partial charge >= 0.3 is 5.97 Å². The van der Waals surface area contributed by atoms with Crippen molar-refractivity contribution in [2.24, 2.45) is 0 Å². The number of hydrogen-bond donors (Lipinski definition) is 3. The molecule has 2 aromatic rings. The minimum absolute atomic E-state index is 0.0625. The molecule has 2 aromatic carbocycles. The van der Waals surface area contributed by atoms with E-state index in [4.69, 9.17) is 16.3 Å². The minimum atomic E-state index is -1.08. The van der Waals surface area contributed by atoms with Crippen LogP contribution in [0.15, 0.2) is 42.5 Å². The number of hydrogen-bond acceptors (Lipinski definition) is 6. The fourth-order valence-corrected chi connectivity index (χ4v) is 3.69. The van der Waals surface area contributed by atoms with E-state index in [2.05, 4.69) is 10.6 Å². The van der Waals surface area contributed by atoms with Gasteiger partial charge in [-0.05, 0) is 42.5 Å². The van der Waals surface area contributed by atoms with Crippen LogP contribution in [0.5, 0.6) is 0 Å². The summed E-state index contributed by atoms with van der Waals surface area (Å²) in [6, 6.07) is 11.3. The predicted octanol–water partition coefficient (Wildman–Crippen LogP) is 2.18. The first-order chi connectivity index (χ1) is 15.9. The Hall–Kier alpha value is -3.14. The van der Waals surface area contributed by atoms with Gasteiger partial charge in [-0.3, -0.25) is 14.5 Å². The highest BCUT2D eigenvalue weighted by Gasteiger charge is 2.23. The third-order valence-corrected chi connectivity index (χ3v) is 5.55. The maximum Gasteiger partial charge on any atom is 0.337 e. The molecule has 1 heterocycles. The van der Waals surface area contributed by atoms with Crippen LogP contribution in [0, 0.1) is 0 Å². The molecule has 0 unspecified atom stereocenters. The van der Waals surface area contributed by atoms with Gasteiger partial charge in [-0.2, -0.15) is 0 Å². The number of carboxylic acids is 1. The first-order valence-electron chi connectivity index (χ1n) is 10.5. The van der Waals surface area contributed by atoms with E-state index in [9.17, 15) is 19.5 Å². The first-order valence-corrected chi connectivity index (χ1v) is 10.9. The van der Waals surface area contributed by atoms with E-state index in [1.54, 1.807) is 43.5 Å². The van der Waals surface area contributed by atoms with Crippen molar-refractivity contribution in [3.8, 4) is 0 Å². The van der Waals surface area contributed by atoms with Gasteiger partial charge in [-0.15, -0.1) is 0 Å². The molecule has 1 aliphatic rings. The molecule has 0 aliphatic carbocycles. The summed E-state index contributed by atoms with van der Waals surface area (Å²) in [5.74, 6) is -1.49. The maximum atomic E-state index is 12.4. The molecule has 1 fully saturated rings. The van der Waals surface area contributed by atoms with Crippen LogP contribution in [-0.4, -0.2) is 80.8 Å². The van der Waals surface area contributed by atoms with Crippen LogP contribution in [0.3, 0.4) is 0 Å². The van der Waals surface area contributed by atoms with Crippen LogP contribution in [0.1, 0.15) is 20.7 Å². The molecular weight excluding hydrogens is 448 g/mol. The molecule has 1 aliphatic heterocycles. The van der Waals surface area contributed by atoms with Gasteiger partial charge in [0.05, 0.1) is 24.4 Å². The molecule has 10 heteroatoms. The smallest absolute Gasteiger partial charge is 0.337 e. The van der Waals surface area contributed by atoms with E-state index >= 15 is 0 Å². The Morgan fingerprint density at radius 2 is 1.76 bits per heavy atom. The Labute approximate surface area is 197 Å². The molecule has 0 saturated carbocycles. The summed E-state index contributed by atoms with van der Waals surface area (Å²) < 4.78 is 4.92. The van der Waals surface area contributed by atoms with Gasteiger partial charge in [-0.1, -0.05) is 11.6 Å². The molecule has 0 aromatic heterocycles. The lowest BCUT2D eigenvalue weighted by Gasteiger charge is -2.36. The van der Waals surface area contributed by atoms with Crippen LogP contribution < -0.4 is 15.5 Å². The van der Waals surface area contributed by atoms with Crippen molar-refractivity contribution < 1.29 is 24.2 Å². The number of anilines is 2. The van der Waals surface area contributed by atoms with Crippen molar-refractivity contribution in [2.45, 2.75) is 0 Å². The fourth-order valence-electron chi connectivity index (χ4n) is 3.56. The van der Waals surface area contributed by atoms with E-state index in [1.165, 1.54) is 6.07 Å². The third kappa shape index (κ3) is 6.92. The van der Waals surface area contributed by atoms with Crippen molar-refractivity contribution in [3.63, 3.8) is 0 Å². The number of benzene rings is 2. The summed E-state index contributed by atoms with van der Waals surface area (Å²) in [7, 11) is 1.58. The largest absolute Gasteiger partial charge is 0.478 e. The van der Waals surface area contributed by atoms with Crippen molar-refractivity contribution in [1.29, 1.82) is 0 Å². The van der Waals surface area contributed by atoms with Crippen molar-refractivity contribution in [1.82, 2.24) is 10.2 Å². The molecular formula is C23H27ClN4O5. The molecule has 0 atom stereocenters. The Kier molecular flexibility index (Phi) is 8.65. The standard InChI is InChI=1S/C23H27ClN4O5/c1-33-13-8-25-21(29)15-27-9-11-28(12-10-27)20-7-6-18(14-19(20)23(31)32)26-22(30)16-2-4-17(24)5-3-16/h2-7,14H,8-13,15H2,1H3,(H,25,29)(H,26,30)(H,31,32). The lowest BCUT2D eigenvalue weighted by molar-refractivity contribution is -0.122. The predicted molar refractivity (Wildman–Crippen MR) is 126 cm³/mol. The second-order valence-electron chi connectivity index (χ2n) is 7.60. The van der Waals surface area contributed by atoms with Crippen molar-refractivity contribution in [2.75, 3.05) is 63.2 Å². The lowest BCUT2D eigenvalue weighted by Crippen LogP contribution is -2.50. The van der Waals surface area contributed by atoms with Gasteiger partial charge in [-0.25, -0.2) is 4.79 Å². The Bertz CT molecular complexity index is 991. The molecule has 0 spiro atoms. The zero-order valence-electron chi connectivity index (χ0n) is 18.3. The van der Waals surface area contributed by atoms with Gasteiger partial charge in [0.15, 0.2) is 0 Å². The number of nitrogens with one attached hydrogen (secondary N) is 2. The number of rotatable bonds is 9. The monoisotopic (exact) mass is 474 g/mol. The van der Waals surface area contributed by atoms with Crippen LogP contribution in [0.4, 0.5) is 11.4 Å². The molecule has 0 radical (unpaired) electrons. The summed E-state index contributed by atoms with van der Waals surface area (Å²) in [5.41, 5.74) is 1.50. The van der Waals surface area contributed by atoms with Gasteiger partial charge in [0, 0.05) is 56.1 Å². The number of carbonyl (C=O) groups excluding carboxylic acids is 2. The van der Waals surface area contributed by atoms with Gasteiger partial charge in [0.1, 0.15) is 0 Å². The van der Waals surface area contributed by atoms with E-state index in [-0.39, 0.29) is 17.4 Å². The van der Waals surface area contributed by atoms with Gasteiger partial charge in [0.2, 0.25) is 5.91 Å². The highest BCUT2D eigenvalue weighted by molar-refractivity contribution is 6.30. The fraction of sp³-hybridized carbons (Fsp3) is 0.348. The highest BCUT2D eigenvalue weighted by atomic mass is 35.5. The van der Waals surface area contributed by atoms with E-state index in [0.717, 1.165) is 0 Å². The van der Waals surface area contributed by atoms with Crippen molar-refractivity contribution >= 4 is 40.8 Å². The first kappa shape index (κ1) is 24.5. The summed E-state index contributed by atoms with van der Waals surface area (Å²) in [5, 5.41) is 15.8. The van der Waals surface area contributed by atoms with Crippen LogP contribution in [0.25, 0.3) is 0 Å². The Morgan fingerprint density at radius 3 is 2.39 bits per heavy atom. The number of carboxylic acid groups (broad SMARTS) is 1. The average Bonchev–Trinajstić information content (AvgIpc) is 2.80. The number of aromatic carboxylic acids is 1. The number of piperazine rings is 1. The molecule has 1 saturated heterocycles. The SMILES string of the molecule is COCCNC(=O)CN1CCN(c2ccc(NC(=O)c3ccc(Cl)cc3)cc2C(=O)O)CC1. The number of halogens is 1. The molecule has 2 amide bonds. The number of nitrogens with zero attached hydrogens (tertiary/aromatic N) is 2. The number of methoxy groups -OCH3 is 1. The third-order valence-electron chi connectivity index (χ3n) is 5.30. The molecule has 33 heavy (non-hydrogen) atoms. The molecule has 0 bridgehead atoms. The zero-order chi connectivity index (χ0) is 23.8. The minimum Gasteiger partial charge on any atom is -0.478 e. The molecule has 3 N–H and O–H groups in total. The molecule has 9 nitrogen and oxygen atoms in total. The summed E-state index contributed by atoms with van der Waals surface area (Å²) in [4.78, 5) is 40.4. The molecule has 3 rings (SSSR count). The Balaban J connectivity index is 1.62. The summed E-state index contributed by atoms with van der Waals surface area (Å²) in [6.07, 6.45) is 0. The van der Waals surface area contributed by atoms with Crippen LogP contribution in [-0.2, 0) is 9.53 Å². The summed E-state index contributed by atoms with van der Waals surface area (Å²) >= 11 is 5.85. The van der Waals surface area contributed by atoms with Gasteiger partial charge in [0.25, 0.3) is 5.91 Å². The topological polar surface area (TPSA) is 111 Å².